The summed E-state index contributed by atoms with van der Waals surface area (Å²) in [6, 6.07) is 8.16. The maximum atomic E-state index is 14.6. The van der Waals surface area contributed by atoms with Gasteiger partial charge in [0.05, 0.1) is 30.6 Å². The van der Waals surface area contributed by atoms with Gasteiger partial charge in [0.15, 0.2) is 29.3 Å². The van der Waals surface area contributed by atoms with Crippen LogP contribution < -0.4 is 21.5 Å². The maximum absolute atomic E-state index is 14.6. The molecule has 5 rings (SSSR count). The summed E-state index contributed by atoms with van der Waals surface area (Å²) >= 11 is 6.32. The van der Waals surface area contributed by atoms with Gasteiger partial charge in [0.1, 0.15) is 0 Å². The molecule has 1 aliphatic rings. The number of aryl methyl sites for hydroxylation is 1. The van der Waals surface area contributed by atoms with Crippen LogP contribution in [0.3, 0.4) is 0 Å². The first-order valence-corrected chi connectivity index (χ1v) is 14.4. The number of benzene rings is 2. The third-order valence-corrected chi connectivity index (χ3v) is 7.75. The molecule has 1 saturated heterocycles. The molecule has 1 fully saturated rings. The summed E-state index contributed by atoms with van der Waals surface area (Å²) in [5.74, 6) is -2.86. The van der Waals surface area contributed by atoms with Crippen molar-refractivity contribution in [2.75, 3.05) is 38.6 Å². The van der Waals surface area contributed by atoms with E-state index in [9.17, 15) is 18.8 Å². The van der Waals surface area contributed by atoms with E-state index in [2.05, 4.69) is 15.3 Å². The number of imidazole rings is 1. The minimum absolute atomic E-state index is 0.0358. The molecule has 0 spiro atoms. The van der Waals surface area contributed by atoms with E-state index in [1.807, 2.05) is 11.8 Å². The SMILES string of the molecule is COc1ccc(-c2cnc3c(Nc4ccc(C(=O)N5CCN(C[C@H](C)N)C(OC(=O)C(N)=O)C5)c(C)c4)nccn23)c(Cl)c1F. The monoisotopic (exact) mass is 638 g/mol. The van der Waals surface area contributed by atoms with Crippen LogP contribution in [0.25, 0.3) is 16.9 Å². The first-order valence-electron chi connectivity index (χ1n) is 14.0. The Morgan fingerprint density at radius 3 is 2.67 bits per heavy atom. The lowest BCUT2D eigenvalue weighted by atomic mass is 10.1. The number of aromatic nitrogens is 3. The highest BCUT2D eigenvalue weighted by molar-refractivity contribution is 6.33. The summed E-state index contributed by atoms with van der Waals surface area (Å²) < 4.78 is 26.7. The molecule has 2 amide bonds. The normalized spacial score (nSPS) is 16.0. The van der Waals surface area contributed by atoms with E-state index in [1.165, 1.54) is 13.2 Å². The molecule has 2 aromatic heterocycles. The third kappa shape index (κ3) is 6.53. The van der Waals surface area contributed by atoms with Gasteiger partial charge in [-0.2, -0.15) is 0 Å². The first kappa shape index (κ1) is 31.6. The largest absolute Gasteiger partial charge is 0.494 e. The predicted molar refractivity (Wildman–Crippen MR) is 165 cm³/mol. The molecule has 0 aliphatic carbocycles. The molecule has 15 heteroatoms. The van der Waals surface area contributed by atoms with Crippen LogP contribution in [0.1, 0.15) is 22.8 Å². The minimum atomic E-state index is -1.21. The van der Waals surface area contributed by atoms with Gasteiger partial charge in [-0.3, -0.25) is 18.9 Å². The lowest BCUT2D eigenvalue weighted by Crippen LogP contribution is -2.58. The fourth-order valence-corrected chi connectivity index (χ4v) is 5.48. The summed E-state index contributed by atoms with van der Waals surface area (Å²) in [7, 11) is 1.37. The fourth-order valence-electron chi connectivity index (χ4n) is 5.23. The molecular weight excluding hydrogens is 607 g/mol. The Kier molecular flexibility index (Phi) is 9.18. The Labute approximate surface area is 262 Å². The van der Waals surface area contributed by atoms with E-state index in [0.717, 1.165) is 0 Å². The molecule has 3 heterocycles. The van der Waals surface area contributed by atoms with E-state index >= 15 is 0 Å². The second kappa shape index (κ2) is 13.1. The van der Waals surface area contributed by atoms with E-state index < -0.39 is 23.9 Å². The van der Waals surface area contributed by atoms with Crippen molar-refractivity contribution in [3.63, 3.8) is 0 Å². The van der Waals surface area contributed by atoms with Crippen molar-refractivity contribution in [1.29, 1.82) is 0 Å². The molecule has 0 radical (unpaired) electrons. The number of esters is 1. The van der Waals surface area contributed by atoms with Crippen molar-refractivity contribution in [2.24, 2.45) is 11.5 Å². The highest BCUT2D eigenvalue weighted by atomic mass is 35.5. The molecule has 5 N–H and O–H groups in total. The first-order chi connectivity index (χ1) is 21.5. The number of rotatable bonds is 8. The Hall–Kier alpha value is -4.79. The van der Waals surface area contributed by atoms with Gasteiger partial charge in [-0.25, -0.2) is 19.2 Å². The number of hydrogen-bond donors (Lipinski definition) is 3. The molecule has 0 saturated carbocycles. The topological polar surface area (TPSA) is 170 Å². The highest BCUT2D eigenvalue weighted by Crippen LogP contribution is 2.35. The summed E-state index contributed by atoms with van der Waals surface area (Å²) in [4.78, 5) is 49.1. The number of nitrogens with two attached hydrogens (primary N) is 2. The van der Waals surface area contributed by atoms with Gasteiger partial charge in [0.2, 0.25) is 0 Å². The van der Waals surface area contributed by atoms with E-state index in [-0.39, 0.29) is 29.3 Å². The molecule has 45 heavy (non-hydrogen) atoms. The van der Waals surface area contributed by atoms with Gasteiger partial charge in [-0.15, -0.1) is 0 Å². The Morgan fingerprint density at radius 1 is 1.20 bits per heavy atom. The zero-order valence-electron chi connectivity index (χ0n) is 24.8. The number of piperazine rings is 1. The number of primary amides is 1. The second-order valence-corrected chi connectivity index (χ2v) is 11.0. The third-order valence-electron chi connectivity index (χ3n) is 7.39. The van der Waals surface area contributed by atoms with Crippen molar-refractivity contribution in [3.05, 3.63) is 70.9 Å². The Bertz CT molecular complexity index is 1780. The van der Waals surface area contributed by atoms with Crippen LogP contribution in [0.2, 0.25) is 5.02 Å². The van der Waals surface area contributed by atoms with Crippen molar-refractivity contribution in [1.82, 2.24) is 24.2 Å². The van der Waals surface area contributed by atoms with Crippen LogP contribution in [0.15, 0.2) is 48.9 Å². The summed E-state index contributed by atoms with van der Waals surface area (Å²) in [5.41, 5.74) is 14.3. The second-order valence-electron chi connectivity index (χ2n) is 10.7. The van der Waals surface area contributed by atoms with Crippen LogP contribution in [0.4, 0.5) is 15.9 Å². The number of amides is 2. The van der Waals surface area contributed by atoms with Crippen LogP contribution in [-0.2, 0) is 14.3 Å². The molecule has 0 bridgehead atoms. The van der Waals surface area contributed by atoms with Crippen molar-refractivity contribution in [2.45, 2.75) is 26.1 Å². The zero-order chi connectivity index (χ0) is 32.4. The standard InChI is InChI=1S/C30H32ClFN8O5/c1-16-12-18(4-5-19(16)29(42)39-11-10-38(14-17(2)33)23(15-39)45-30(43)26(34)41)37-27-28-36-13-21(40(28)9-8-35-27)20-6-7-22(44-3)25(32)24(20)31/h4-9,12-13,17,23H,10-11,14-15,33H2,1-3H3,(H2,34,41)(H,35,37)/t17-,23?/m0/s1. The average Bonchev–Trinajstić information content (AvgIpc) is 3.44. The summed E-state index contributed by atoms with van der Waals surface area (Å²) in [6.45, 7) is 4.81. The number of methoxy groups -OCH3 is 1. The van der Waals surface area contributed by atoms with Gasteiger partial charge >= 0.3 is 11.9 Å². The number of hydrogen-bond acceptors (Lipinski definition) is 10. The number of nitrogens with zero attached hydrogens (tertiary/aromatic N) is 5. The average molecular weight is 639 g/mol. The van der Waals surface area contributed by atoms with Crippen molar-refractivity contribution < 1.29 is 28.2 Å². The van der Waals surface area contributed by atoms with Gasteiger partial charge in [0.25, 0.3) is 5.91 Å². The van der Waals surface area contributed by atoms with Crippen LogP contribution >= 0.6 is 11.6 Å². The number of halogens is 2. The molecule has 236 valence electrons. The number of carbonyl (C=O) groups excluding carboxylic acids is 3. The van der Waals surface area contributed by atoms with Crippen molar-refractivity contribution in [3.8, 4) is 17.0 Å². The molecule has 13 nitrogen and oxygen atoms in total. The quantitative estimate of drug-likeness (QED) is 0.193. The highest BCUT2D eigenvalue weighted by Gasteiger charge is 2.34. The lowest BCUT2D eigenvalue weighted by Gasteiger charge is -2.41. The smallest absolute Gasteiger partial charge is 0.398 e. The number of fused-ring (bicyclic) bond motifs is 1. The molecule has 2 atom stereocenters. The van der Waals surface area contributed by atoms with Crippen LogP contribution in [0.5, 0.6) is 5.75 Å². The van der Waals surface area contributed by atoms with E-state index in [4.69, 9.17) is 32.5 Å². The molecule has 1 aliphatic heterocycles. The molecule has 1 unspecified atom stereocenters. The molecule has 2 aromatic carbocycles. The van der Waals surface area contributed by atoms with E-state index in [0.29, 0.717) is 59.2 Å². The summed E-state index contributed by atoms with van der Waals surface area (Å²) in [5, 5.41) is 3.15. The zero-order valence-corrected chi connectivity index (χ0v) is 25.5. The van der Waals surface area contributed by atoms with Crippen LogP contribution in [0, 0.1) is 12.7 Å². The number of anilines is 2. The van der Waals surface area contributed by atoms with Gasteiger partial charge in [-0.05, 0) is 49.7 Å². The van der Waals surface area contributed by atoms with Gasteiger partial charge < -0.3 is 31.2 Å². The Balaban J connectivity index is 1.35. The van der Waals surface area contributed by atoms with Gasteiger partial charge in [-0.1, -0.05) is 11.6 Å². The summed E-state index contributed by atoms with van der Waals surface area (Å²) in [6.07, 6.45) is 3.97. The minimum Gasteiger partial charge on any atom is -0.494 e. The molecular formula is C30H32ClFN8O5. The van der Waals surface area contributed by atoms with E-state index in [1.54, 1.807) is 59.1 Å². The van der Waals surface area contributed by atoms with Crippen LogP contribution in [-0.4, -0.2) is 87.5 Å². The maximum Gasteiger partial charge on any atom is 0.398 e. The predicted octanol–water partition coefficient (Wildman–Crippen LogP) is 2.71. The number of ether oxygens (including phenoxy) is 2. The lowest BCUT2D eigenvalue weighted by molar-refractivity contribution is -0.169. The number of carbonyl (C=O) groups is 3. The van der Waals surface area contributed by atoms with Crippen molar-refractivity contribution >= 4 is 46.5 Å². The van der Waals surface area contributed by atoms with Gasteiger partial charge in [0, 0.05) is 54.9 Å². The molecule has 4 aromatic rings. The number of nitrogens with one attached hydrogen (secondary N) is 1. The fraction of sp³-hybridized carbons (Fsp3) is 0.300. The Morgan fingerprint density at radius 2 is 1.98 bits per heavy atom.